The smallest absolute Gasteiger partial charge is 0.306 e. The summed E-state index contributed by atoms with van der Waals surface area (Å²) in [5, 5.41) is 2.38. The number of rotatable bonds is 6. The van der Waals surface area contributed by atoms with E-state index >= 15 is 0 Å². The highest BCUT2D eigenvalue weighted by atomic mass is 32.2. The fraction of sp³-hybridized carbons (Fsp3) is 0.385. The summed E-state index contributed by atoms with van der Waals surface area (Å²) >= 11 is 1.36. The molecular formula is C13H16FNO3S. The van der Waals surface area contributed by atoms with Gasteiger partial charge in [0, 0.05) is 11.4 Å². The molecule has 6 heteroatoms. The monoisotopic (exact) mass is 285 g/mol. The van der Waals surface area contributed by atoms with Crippen LogP contribution in [0, 0.1) is 5.82 Å². The van der Waals surface area contributed by atoms with E-state index in [-0.39, 0.29) is 29.4 Å². The minimum Gasteiger partial charge on any atom is -0.469 e. The quantitative estimate of drug-likeness (QED) is 0.816. The Morgan fingerprint density at radius 3 is 2.58 bits per heavy atom. The molecule has 0 aromatic heterocycles. The third-order valence-electron chi connectivity index (χ3n) is 2.38. The molecule has 1 aromatic rings. The van der Waals surface area contributed by atoms with E-state index in [1.54, 1.807) is 6.92 Å². The van der Waals surface area contributed by atoms with Gasteiger partial charge in [0.1, 0.15) is 5.82 Å². The number of amides is 1. The second-order valence-electron chi connectivity index (χ2n) is 3.84. The predicted octanol–water partition coefficient (Wildman–Crippen LogP) is 2.45. The Bertz CT molecular complexity index is 436. The normalized spacial score (nSPS) is 11.7. The van der Waals surface area contributed by atoms with Crippen molar-refractivity contribution in [3.05, 3.63) is 30.1 Å². The topological polar surface area (TPSA) is 55.4 Å². The average molecular weight is 285 g/mol. The van der Waals surface area contributed by atoms with Gasteiger partial charge in [-0.2, -0.15) is 0 Å². The van der Waals surface area contributed by atoms with Gasteiger partial charge >= 0.3 is 5.97 Å². The Morgan fingerprint density at radius 1 is 1.37 bits per heavy atom. The summed E-state index contributed by atoms with van der Waals surface area (Å²) in [5.74, 6) is -0.302. The van der Waals surface area contributed by atoms with E-state index in [0.29, 0.717) is 11.4 Å². The van der Waals surface area contributed by atoms with Crippen molar-refractivity contribution in [2.75, 3.05) is 18.2 Å². The fourth-order valence-corrected chi connectivity index (χ4v) is 2.12. The molecule has 0 spiro atoms. The lowest BCUT2D eigenvalue weighted by atomic mass is 10.3. The third kappa shape index (κ3) is 5.74. The first-order chi connectivity index (χ1) is 9.02. The van der Waals surface area contributed by atoms with Crippen LogP contribution in [0.3, 0.4) is 0 Å². The molecule has 0 radical (unpaired) electrons. The van der Waals surface area contributed by atoms with Crippen molar-refractivity contribution < 1.29 is 18.7 Å². The van der Waals surface area contributed by atoms with E-state index < -0.39 is 0 Å². The van der Waals surface area contributed by atoms with E-state index in [0.717, 1.165) is 0 Å². The van der Waals surface area contributed by atoms with Crippen LogP contribution in [0.2, 0.25) is 0 Å². The summed E-state index contributed by atoms with van der Waals surface area (Å²) in [5.41, 5.74) is 0.548. The molecule has 104 valence electrons. The maximum Gasteiger partial charge on any atom is 0.306 e. The van der Waals surface area contributed by atoms with Crippen molar-refractivity contribution in [3.8, 4) is 0 Å². The van der Waals surface area contributed by atoms with Gasteiger partial charge in [-0.25, -0.2) is 4.39 Å². The molecule has 0 aliphatic rings. The number of hydrogen-bond donors (Lipinski definition) is 1. The summed E-state index contributed by atoms with van der Waals surface area (Å²) in [6.07, 6.45) is 0.273. The molecule has 0 saturated heterocycles. The predicted molar refractivity (Wildman–Crippen MR) is 73.6 cm³/mol. The first-order valence-electron chi connectivity index (χ1n) is 5.77. The lowest BCUT2D eigenvalue weighted by molar-refractivity contribution is -0.140. The van der Waals surface area contributed by atoms with Crippen LogP contribution in [-0.2, 0) is 14.3 Å². The molecule has 1 rings (SSSR count). The molecule has 1 unspecified atom stereocenters. The summed E-state index contributed by atoms with van der Waals surface area (Å²) in [6, 6.07) is 5.56. The number of halogens is 1. The molecule has 0 aliphatic heterocycles. The number of thioether (sulfide) groups is 1. The molecule has 1 N–H and O–H groups in total. The van der Waals surface area contributed by atoms with Gasteiger partial charge in [-0.05, 0) is 31.2 Å². The number of anilines is 1. The molecule has 0 fully saturated rings. The van der Waals surface area contributed by atoms with E-state index in [2.05, 4.69) is 10.1 Å². The van der Waals surface area contributed by atoms with Gasteiger partial charge in [0.05, 0.1) is 18.8 Å². The molecule has 1 atom stereocenters. The highest BCUT2D eigenvalue weighted by Gasteiger charge is 2.14. The Labute approximate surface area is 115 Å². The molecule has 1 amide bonds. The Balaban J connectivity index is 2.36. The van der Waals surface area contributed by atoms with Crippen LogP contribution in [0.25, 0.3) is 0 Å². The first kappa shape index (κ1) is 15.5. The van der Waals surface area contributed by atoms with E-state index in [9.17, 15) is 14.0 Å². The van der Waals surface area contributed by atoms with Crippen LogP contribution >= 0.6 is 11.8 Å². The zero-order valence-electron chi connectivity index (χ0n) is 10.8. The van der Waals surface area contributed by atoms with Crippen LogP contribution in [0.5, 0.6) is 0 Å². The number of esters is 1. The lowest BCUT2D eigenvalue weighted by Crippen LogP contribution is -2.23. The lowest BCUT2D eigenvalue weighted by Gasteiger charge is -2.11. The van der Waals surface area contributed by atoms with Crippen molar-refractivity contribution in [2.24, 2.45) is 0 Å². The van der Waals surface area contributed by atoms with E-state index in [4.69, 9.17) is 0 Å². The molecule has 19 heavy (non-hydrogen) atoms. The Morgan fingerprint density at radius 2 is 2.00 bits per heavy atom. The maximum absolute atomic E-state index is 12.7. The Hall–Kier alpha value is -1.56. The van der Waals surface area contributed by atoms with Crippen molar-refractivity contribution in [1.29, 1.82) is 0 Å². The SMILES string of the molecule is COC(=O)CCSC(C)C(=O)Nc1ccc(F)cc1. The molecule has 0 saturated carbocycles. The largest absolute Gasteiger partial charge is 0.469 e. The van der Waals surface area contributed by atoms with Crippen LogP contribution in [0.4, 0.5) is 10.1 Å². The number of carbonyl (C=O) groups excluding carboxylic acids is 2. The minimum atomic E-state index is -0.349. The Kier molecular flexibility index (Phi) is 6.35. The van der Waals surface area contributed by atoms with Crippen molar-refractivity contribution in [1.82, 2.24) is 0 Å². The molecule has 0 aliphatic carbocycles. The van der Waals surface area contributed by atoms with Gasteiger partial charge in [0.2, 0.25) is 5.91 Å². The summed E-state index contributed by atoms with van der Waals surface area (Å²) < 4.78 is 17.2. The highest BCUT2D eigenvalue weighted by Crippen LogP contribution is 2.15. The third-order valence-corrected chi connectivity index (χ3v) is 3.54. The minimum absolute atomic E-state index is 0.179. The number of nitrogens with one attached hydrogen (secondary N) is 1. The number of benzene rings is 1. The van der Waals surface area contributed by atoms with Crippen molar-refractivity contribution in [2.45, 2.75) is 18.6 Å². The van der Waals surface area contributed by atoms with Crippen molar-refractivity contribution in [3.63, 3.8) is 0 Å². The van der Waals surface area contributed by atoms with Gasteiger partial charge in [-0.15, -0.1) is 11.8 Å². The van der Waals surface area contributed by atoms with E-state index in [1.807, 2.05) is 0 Å². The molecule has 0 heterocycles. The number of methoxy groups -OCH3 is 1. The van der Waals surface area contributed by atoms with Gasteiger partial charge in [0.25, 0.3) is 0 Å². The average Bonchev–Trinajstić information content (AvgIpc) is 2.40. The van der Waals surface area contributed by atoms with Crippen LogP contribution < -0.4 is 5.32 Å². The number of carbonyl (C=O) groups is 2. The van der Waals surface area contributed by atoms with Gasteiger partial charge in [0.15, 0.2) is 0 Å². The fourth-order valence-electron chi connectivity index (χ4n) is 1.27. The van der Waals surface area contributed by atoms with Gasteiger partial charge in [-0.1, -0.05) is 0 Å². The standard InChI is InChI=1S/C13H16FNO3S/c1-9(19-8-7-12(16)18-2)13(17)15-11-5-3-10(14)4-6-11/h3-6,9H,7-8H2,1-2H3,(H,15,17). The maximum atomic E-state index is 12.7. The number of hydrogen-bond acceptors (Lipinski definition) is 4. The van der Waals surface area contributed by atoms with Crippen LogP contribution in [-0.4, -0.2) is 30.0 Å². The van der Waals surface area contributed by atoms with Gasteiger partial charge in [-0.3, -0.25) is 9.59 Å². The summed E-state index contributed by atoms with van der Waals surface area (Å²) in [6.45, 7) is 1.75. The summed E-state index contributed by atoms with van der Waals surface area (Å²) in [4.78, 5) is 22.7. The van der Waals surface area contributed by atoms with Crippen LogP contribution in [0.1, 0.15) is 13.3 Å². The molecule has 0 bridgehead atoms. The van der Waals surface area contributed by atoms with Gasteiger partial charge < -0.3 is 10.1 Å². The second-order valence-corrected chi connectivity index (χ2v) is 5.28. The molecular weight excluding hydrogens is 269 g/mol. The number of ether oxygens (including phenoxy) is 1. The van der Waals surface area contributed by atoms with E-state index in [1.165, 1.54) is 43.1 Å². The summed E-state index contributed by atoms with van der Waals surface area (Å²) in [7, 11) is 1.33. The zero-order valence-corrected chi connectivity index (χ0v) is 11.6. The molecule has 4 nitrogen and oxygen atoms in total. The second kappa shape index (κ2) is 7.78. The first-order valence-corrected chi connectivity index (χ1v) is 6.82. The molecule has 1 aromatic carbocycles. The van der Waals surface area contributed by atoms with Crippen LogP contribution in [0.15, 0.2) is 24.3 Å². The zero-order chi connectivity index (χ0) is 14.3. The highest BCUT2D eigenvalue weighted by molar-refractivity contribution is 8.00. The van der Waals surface area contributed by atoms with Crippen molar-refractivity contribution >= 4 is 29.3 Å².